The Morgan fingerprint density at radius 2 is 2.20 bits per heavy atom. The Labute approximate surface area is 113 Å². The number of fused-ring (bicyclic) bond motifs is 1. The highest BCUT2D eigenvalue weighted by Crippen LogP contribution is 2.37. The average Bonchev–Trinajstić information content (AvgIpc) is 2.92. The largest absolute Gasteiger partial charge is 0.394 e. The fourth-order valence-electron chi connectivity index (χ4n) is 2.36. The number of ether oxygens (including phenoxy) is 1. The molecule has 0 bridgehead atoms. The maximum atomic E-state index is 10.2. The molecule has 1 saturated heterocycles. The van der Waals surface area contributed by atoms with Crippen LogP contribution in [-0.4, -0.2) is 59.3 Å². The van der Waals surface area contributed by atoms with Gasteiger partial charge in [-0.3, -0.25) is 4.57 Å². The van der Waals surface area contributed by atoms with Gasteiger partial charge in [-0.1, -0.05) is 0 Å². The van der Waals surface area contributed by atoms with E-state index < -0.39 is 30.6 Å². The first-order valence-corrected chi connectivity index (χ1v) is 6.06. The lowest BCUT2D eigenvalue weighted by molar-refractivity contribution is -0.0804. The van der Waals surface area contributed by atoms with E-state index in [2.05, 4.69) is 15.0 Å². The van der Waals surface area contributed by atoms with Crippen molar-refractivity contribution in [2.45, 2.75) is 31.0 Å². The molecule has 2 aromatic heterocycles. The third kappa shape index (κ3) is 1.68. The minimum atomic E-state index is -1.57. The zero-order chi connectivity index (χ0) is 14.5. The molecule has 108 valence electrons. The topological polar surface area (TPSA) is 140 Å². The Morgan fingerprint density at radius 3 is 2.85 bits per heavy atom. The minimum absolute atomic E-state index is 0.215. The van der Waals surface area contributed by atoms with Gasteiger partial charge in [-0.15, -0.1) is 0 Å². The fraction of sp³-hybridized carbons (Fsp3) is 0.545. The van der Waals surface area contributed by atoms with E-state index in [1.807, 2.05) is 0 Å². The van der Waals surface area contributed by atoms with E-state index in [4.69, 9.17) is 10.5 Å². The summed E-state index contributed by atoms with van der Waals surface area (Å²) in [5, 5.41) is 29.6. The maximum absolute atomic E-state index is 10.2. The second-order valence-corrected chi connectivity index (χ2v) is 4.95. The SMILES string of the molecule is CC1(O)C(O)[C@H](n2cnc3c(N)ncnc32)O[C@@H]1CO. The van der Waals surface area contributed by atoms with E-state index in [1.54, 1.807) is 0 Å². The van der Waals surface area contributed by atoms with Crippen LogP contribution >= 0.6 is 0 Å². The van der Waals surface area contributed by atoms with Crippen molar-refractivity contribution in [1.29, 1.82) is 0 Å². The molecule has 0 saturated carbocycles. The molecule has 0 radical (unpaired) electrons. The molecule has 0 aromatic carbocycles. The highest BCUT2D eigenvalue weighted by molar-refractivity contribution is 5.81. The zero-order valence-electron chi connectivity index (χ0n) is 10.7. The van der Waals surface area contributed by atoms with Crippen LogP contribution in [0, 0.1) is 0 Å². The predicted molar refractivity (Wildman–Crippen MR) is 67.4 cm³/mol. The van der Waals surface area contributed by atoms with Crippen molar-refractivity contribution in [2.24, 2.45) is 0 Å². The second kappa shape index (κ2) is 4.35. The van der Waals surface area contributed by atoms with Gasteiger partial charge < -0.3 is 25.8 Å². The molecule has 2 aromatic rings. The van der Waals surface area contributed by atoms with E-state index in [0.717, 1.165) is 0 Å². The van der Waals surface area contributed by atoms with Crippen LogP contribution in [0.25, 0.3) is 11.2 Å². The van der Waals surface area contributed by atoms with Gasteiger partial charge in [0.1, 0.15) is 29.7 Å². The summed E-state index contributed by atoms with van der Waals surface area (Å²) in [6.45, 7) is 0.991. The number of rotatable bonds is 2. The Hall–Kier alpha value is -1.81. The first kappa shape index (κ1) is 13.2. The van der Waals surface area contributed by atoms with Gasteiger partial charge in [0.25, 0.3) is 0 Å². The Morgan fingerprint density at radius 1 is 1.45 bits per heavy atom. The maximum Gasteiger partial charge on any atom is 0.167 e. The van der Waals surface area contributed by atoms with E-state index in [9.17, 15) is 15.3 Å². The molecule has 1 aliphatic heterocycles. The molecule has 5 N–H and O–H groups in total. The van der Waals surface area contributed by atoms with Gasteiger partial charge in [0, 0.05) is 0 Å². The summed E-state index contributed by atoms with van der Waals surface area (Å²) in [6.07, 6.45) is -0.382. The Balaban J connectivity index is 2.06. The summed E-state index contributed by atoms with van der Waals surface area (Å²) in [5.41, 5.74) is 4.88. The molecule has 9 heteroatoms. The molecule has 20 heavy (non-hydrogen) atoms. The number of imidazole rings is 1. The van der Waals surface area contributed by atoms with Crippen molar-refractivity contribution in [2.75, 3.05) is 12.3 Å². The third-order valence-corrected chi connectivity index (χ3v) is 3.65. The van der Waals surface area contributed by atoms with Gasteiger partial charge in [-0.05, 0) is 6.92 Å². The van der Waals surface area contributed by atoms with Crippen LogP contribution in [-0.2, 0) is 4.74 Å². The van der Waals surface area contributed by atoms with E-state index in [0.29, 0.717) is 11.2 Å². The number of nitrogen functional groups attached to an aromatic ring is 1. The summed E-state index contributed by atoms with van der Waals surface area (Å²) in [7, 11) is 0. The van der Waals surface area contributed by atoms with Crippen LogP contribution < -0.4 is 5.73 Å². The van der Waals surface area contributed by atoms with Crippen LogP contribution in [0.15, 0.2) is 12.7 Å². The van der Waals surface area contributed by atoms with E-state index in [1.165, 1.54) is 24.1 Å². The van der Waals surface area contributed by atoms with Crippen molar-refractivity contribution in [1.82, 2.24) is 19.5 Å². The minimum Gasteiger partial charge on any atom is -0.394 e. The van der Waals surface area contributed by atoms with Crippen molar-refractivity contribution in [3.05, 3.63) is 12.7 Å². The number of aromatic nitrogens is 4. The number of nitrogens with zero attached hydrogens (tertiary/aromatic N) is 4. The third-order valence-electron chi connectivity index (χ3n) is 3.65. The van der Waals surface area contributed by atoms with Crippen molar-refractivity contribution < 1.29 is 20.1 Å². The smallest absolute Gasteiger partial charge is 0.167 e. The van der Waals surface area contributed by atoms with E-state index >= 15 is 0 Å². The monoisotopic (exact) mass is 281 g/mol. The van der Waals surface area contributed by atoms with Gasteiger partial charge in [-0.25, -0.2) is 15.0 Å². The molecule has 0 amide bonds. The van der Waals surface area contributed by atoms with Crippen LogP contribution in [0.2, 0.25) is 0 Å². The normalized spacial score (nSPS) is 33.9. The van der Waals surface area contributed by atoms with Gasteiger partial charge in [0.05, 0.1) is 12.9 Å². The second-order valence-electron chi connectivity index (χ2n) is 4.95. The van der Waals surface area contributed by atoms with Crippen LogP contribution in [0.1, 0.15) is 13.2 Å². The Bertz CT molecular complexity index is 643. The number of aliphatic hydroxyl groups excluding tert-OH is 2. The van der Waals surface area contributed by atoms with Gasteiger partial charge in [0.2, 0.25) is 0 Å². The van der Waals surface area contributed by atoms with Crippen molar-refractivity contribution in [3.63, 3.8) is 0 Å². The molecule has 4 atom stereocenters. The van der Waals surface area contributed by atoms with E-state index in [-0.39, 0.29) is 5.82 Å². The number of anilines is 1. The van der Waals surface area contributed by atoms with Crippen molar-refractivity contribution >= 4 is 17.0 Å². The molecule has 3 rings (SSSR count). The molecule has 3 heterocycles. The number of hydrogen-bond acceptors (Lipinski definition) is 8. The lowest BCUT2D eigenvalue weighted by Gasteiger charge is -2.25. The first-order valence-electron chi connectivity index (χ1n) is 6.06. The summed E-state index contributed by atoms with van der Waals surface area (Å²) in [6, 6.07) is 0. The van der Waals surface area contributed by atoms with Crippen LogP contribution in [0.4, 0.5) is 5.82 Å². The Kier molecular flexibility index (Phi) is 2.87. The van der Waals surface area contributed by atoms with Crippen molar-refractivity contribution in [3.8, 4) is 0 Å². The molecule has 2 unspecified atom stereocenters. The summed E-state index contributed by atoms with van der Waals surface area (Å²) >= 11 is 0. The van der Waals surface area contributed by atoms with Crippen LogP contribution in [0.5, 0.6) is 0 Å². The number of aliphatic hydroxyl groups is 3. The lowest BCUT2D eigenvalue weighted by atomic mass is 9.95. The van der Waals surface area contributed by atoms with Crippen LogP contribution in [0.3, 0.4) is 0 Å². The molecule has 1 aliphatic rings. The lowest BCUT2D eigenvalue weighted by Crippen LogP contribution is -2.46. The average molecular weight is 281 g/mol. The molecule has 0 spiro atoms. The fourth-order valence-corrected chi connectivity index (χ4v) is 2.36. The quantitative estimate of drug-likeness (QED) is 0.516. The van der Waals surface area contributed by atoms with Gasteiger partial charge >= 0.3 is 0 Å². The summed E-state index contributed by atoms with van der Waals surface area (Å²) < 4.78 is 6.96. The molecule has 9 nitrogen and oxygen atoms in total. The number of hydrogen-bond donors (Lipinski definition) is 4. The standard InChI is InChI=1S/C11H15N5O4/c1-11(19)5(2-17)20-10(7(11)18)16-4-15-6-8(12)13-3-14-9(6)16/h3-5,7,10,17-19H,2H2,1H3,(H2,12,13,14)/t5-,7?,10-,11?/m1/s1. The molecular formula is C11H15N5O4. The highest BCUT2D eigenvalue weighted by Gasteiger charge is 2.52. The molecular weight excluding hydrogens is 266 g/mol. The van der Waals surface area contributed by atoms with Gasteiger partial charge in [-0.2, -0.15) is 0 Å². The molecule has 1 fully saturated rings. The summed E-state index contributed by atoms with van der Waals surface area (Å²) in [4.78, 5) is 12.0. The predicted octanol–water partition coefficient (Wildman–Crippen LogP) is -1.59. The summed E-state index contributed by atoms with van der Waals surface area (Å²) in [5.74, 6) is 0.215. The first-order chi connectivity index (χ1) is 9.46. The van der Waals surface area contributed by atoms with Gasteiger partial charge in [0.15, 0.2) is 17.7 Å². The zero-order valence-corrected chi connectivity index (χ0v) is 10.7. The molecule has 0 aliphatic carbocycles. The number of nitrogens with two attached hydrogens (primary N) is 1. The highest BCUT2D eigenvalue weighted by atomic mass is 16.6.